The predicted octanol–water partition coefficient (Wildman–Crippen LogP) is 2.16. The van der Waals surface area contributed by atoms with E-state index in [0.717, 1.165) is 19.5 Å². The van der Waals surface area contributed by atoms with Crippen LogP contribution in [0, 0.1) is 0 Å². The lowest BCUT2D eigenvalue weighted by Gasteiger charge is -2.31. The highest BCUT2D eigenvalue weighted by Crippen LogP contribution is 2.17. The van der Waals surface area contributed by atoms with E-state index in [-0.39, 0.29) is 11.9 Å². The van der Waals surface area contributed by atoms with Crippen LogP contribution >= 0.6 is 0 Å². The van der Waals surface area contributed by atoms with Crippen LogP contribution in [-0.4, -0.2) is 54.1 Å². The number of ether oxygens (including phenoxy) is 2. The summed E-state index contributed by atoms with van der Waals surface area (Å²) in [5.41, 5.74) is 0.552. The number of carbonyl (C=O) groups excluding carboxylic acids is 1. The molecule has 5 nitrogen and oxygen atoms in total. The van der Waals surface area contributed by atoms with Gasteiger partial charge >= 0.3 is 0 Å². The molecule has 1 atom stereocenters. The van der Waals surface area contributed by atoms with Gasteiger partial charge in [0.1, 0.15) is 11.9 Å². The van der Waals surface area contributed by atoms with E-state index in [0.29, 0.717) is 24.5 Å². The molecule has 1 fully saturated rings. The third-order valence-corrected chi connectivity index (χ3v) is 3.35. The van der Waals surface area contributed by atoms with E-state index in [1.165, 1.54) is 0 Å². The number of ketones is 1. The topological polar surface area (TPSA) is 51.7 Å². The van der Waals surface area contributed by atoms with Crippen LogP contribution in [0.1, 0.15) is 37.6 Å². The zero-order valence-corrected chi connectivity index (χ0v) is 13.0. The van der Waals surface area contributed by atoms with Gasteiger partial charge in [0.2, 0.25) is 0 Å². The van der Waals surface area contributed by atoms with Crippen molar-refractivity contribution in [1.82, 2.24) is 9.88 Å². The van der Waals surface area contributed by atoms with Gasteiger partial charge in [-0.25, -0.2) is 0 Å². The van der Waals surface area contributed by atoms with E-state index in [9.17, 15) is 4.79 Å². The second-order valence-corrected chi connectivity index (χ2v) is 5.60. The zero-order chi connectivity index (χ0) is 15.2. The summed E-state index contributed by atoms with van der Waals surface area (Å²) < 4.78 is 11.2. The molecule has 1 saturated heterocycles. The van der Waals surface area contributed by atoms with Crippen molar-refractivity contribution in [3.63, 3.8) is 0 Å². The normalized spacial score (nSPS) is 19.7. The minimum atomic E-state index is -0.401. The highest BCUT2D eigenvalue weighted by atomic mass is 16.5. The van der Waals surface area contributed by atoms with Crippen molar-refractivity contribution in [3.8, 4) is 5.75 Å². The standard InChI is InChI=1S/C16H24N2O3/c1-4-5-18-6-7-20-15(11-18)16(19)13-8-14(10-17-9-13)21-12(2)3/h8-10,12,15H,4-7,11H2,1-3H3. The molecule has 0 bridgehead atoms. The van der Waals surface area contributed by atoms with Crippen LogP contribution in [0.25, 0.3) is 0 Å². The largest absolute Gasteiger partial charge is 0.489 e. The van der Waals surface area contributed by atoms with Gasteiger partial charge in [-0.1, -0.05) is 6.92 Å². The predicted molar refractivity (Wildman–Crippen MR) is 80.8 cm³/mol. The van der Waals surface area contributed by atoms with Gasteiger partial charge in [-0.15, -0.1) is 0 Å². The Morgan fingerprint density at radius 1 is 1.52 bits per heavy atom. The van der Waals surface area contributed by atoms with E-state index in [4.69, 9.17) is 9.47 Å². The molecule has 2 rings (SSSR count). The monoisotopic (exact) mass is 292 g/mol. The first-order chi connectivity index (χ1) is 10.1. The van der Waals surface area contributed by atoms with Crippen molar-refractivity contribution < 1.29 is 14.3 Å². The Morgan fingerprint density at radius 2 is 2.33 bits per heavy atom. The Morgan fingerprint density at radius 3 is 3.05 bits per heavy atom. The molecule has 0 aliphatic carbocycles. The third-order valence-electron chi connectivity index (χ3n) is 3.35. The summed E-state index contributed by atoms with van der Waals surface area (Å²) in [4.78, 5) is 18.9. The van der Waals surface area contributed by atoms with Crippen LogP contribution in [0.15, 0.2) is 18.5 Å². The van der Waals surface area contributed by atoms with Crippen molar-refractivity contribution in [1.29, 1.82) is 0 Å². The van der Waals surface area contributed by atoms with Gasteiger partial charge in [0.25, 0.3) is 0 Å². The van der Waals surface area contributed by atoms with Crippen molar-refractivity contribution in [2.75, 3.05) is 26.2 Å². The van der Waals surface area contributed by atoms with E-state index >= 15 is 0 Å². The molecule has 0 aromatic carbocycles. The Kier molecular flexibility index (Phi) is 5.70. The molecule has 2 heterocycles. The number of morpholine rings is 1. The van der Waals surface area contributed by atoms with Crippen molar-refractivity contribution in [3.05, 3.63) is 24.0 Å². The minimum Gasteiger partial charge on any atom is -0.489 e. The first kappa shape index (κ1) is 15.9. The van der Waals surface area contributed by atoms with Crippen LogP contribution < -0.4 is 4.74 Å². The molecule has 0 amide bonds. The van der Waals surface area contributed by atoms with Gasteiger partial charge in [0.05, 0.1) is 18.9 Å². The molecule has 5 heteroatoms. The summed E-state index contributed by atoms with van der Waals surface area (Å²) in [5.74, 6) is 0.606. The van der Waals surface area contributed by atoms with E-state index < -0.39 is 6.10 Å². The summed E-state index contributed by atoms with van der Waals surface area (Å²) in [7, 11) is 0. The Bertz CT molecular complexity index is 474. The summed E-state index contributed by atoms with van der Waals surface area (Å²) in [5, 5.41) is 0. The lowest BCUT2D eigenvalue weighted by Crippen LogP contribution is -2.46. The van der Waals surface area contributed by atoms with Gasteiger partial charge in [0.15, 0.2) is 5.78 Å². The molecule has 1 aromatic heterocycles. The van der Waals surface area contributed by atoms with Crippen LogP contribution in [0.5, 0.6) is 5.75 Å². The van der Waals surface area contributed by atoms with E-state index in [1.54, 1.807) is 18.5 Å². The number of pyridine rings is 1. The molecule has 0 N–H and O–H groups in total. The zero-order valence-electron chi connectivity index (χ0n) is 13.0. The molecular formula is C16H24N2O3. The summed E-state index contributed by atoms with van der Waals surface area (Å²) in [6.45, 7) is 9.19. The number of hydrogen-bond donors (Lipinski definition) is 0. The SMILES string of the molecule is CCCN1CCOC(C(=O)c2cncc(OC(C)C)c2)C1. The molecule has 1 unspecified atom stereocenters. The molecular weight excluding hydrogens is 268 g/mol. The van der Waals surface area contributed by atoms with Gasteiger partial charge in [-0.05, 0) is 32.9 Å². The molecule has 1 aromatic rings. The Hall–Kier alpha value is -1.46. The van der Waals surface area contributed by atoms with Crippen molar-refractivity contribution in [2.24, 2.45) is 0 Å². The summed E-state index contributed by atoms with van der Waals surface area (Å²) in [6.07, 6.45) is 3.95. The fraction of sp³-hybridized carbons (Fsp3) is 0.625. The molecule has 0 radical (unpaired) electrons. The van der Waals surface area contributed by atoms with Gasteiger partial charge in [-0.3, -0.25) is 14.7 Å². The maximum Gasteiger partial charge on any atom is 0.194 e. The van der Waals surface area contributed by atoms with E-state index in [1.807, 2.05) is 13.8 Å². The first-order valence-corrected chi connectivity index (χ1v) is 7.60. The van der Waals surface area contributed by atoms with Gasteiger partial charge in [-0.2, -0.15) is 0 Å². The third kappa shape index (κ3) is 4.51. The van der Waals surface area contributed by atoms with Crippen LogP contribution in [0.3, 0.4) is 0 Å². The fourth-order valence-corrected chi connectivity index (χ4v) is 2.46. The number of Topliss-reactive ketones (excluding diaryl/α,β-unsaturated/α-hetero) is 1. The molecule has 116 valence electrons. The van der Waals surface area contributed by atoms with Crippen molar-refractivity contribution >= 4 is 5.78 Å². The van der Waals surface area contributed by atoms with Crippen LogP contribution in [0.2, 0.25) is 0 Å². The van der Waals surface area contributed by atoms with E-state index in [2.05, 4.69) is 16.8 Å². The Balaban J connectivity index is 2.05. The average molecular weight is 292 g/mol. The number of aromatic nitrogens is 1. The second-order valence-electron chi connectivity index (χ2n) is 5.60. The van der Waals surface area contributed by atoms with Crippen LogP contribution in [0.4, 0.5) is 0 Å². The van der Waals surface area contributed by atoms with Crippen molar-refractivity contribution in [2.45, 2.75) is 39.4 Å². The van der Waals surface area contributed by atoms with Crippen LogP contribution in [-0.2, 0) is 4.74 Å². The maximum absolute atomic E-state index is 12.5. The molecule has 0 saturated carbocycles. The molecule has 1 aliphatic rings. The molecule has 0 spiro atoms. The minimum absolute atomic E-state index is 0.0162. The number of hydrogen-bond acceptors (Lipinski definition) is 5. The van der Waals surface area contributed by atoms with Gasteiger partial charge < -0.3 is 9.47 Å². The summed E-state index contributed by atoms with van der Waals surface area (Å²) >= 11 is 0. The lowest BCUT2D eigenvalue weighted by atomic mass is 10.1. The molecule has 21 heavy (non-hydrogen) atoms. The summed E-state index contributed by atoms with van der Waals surface area (Å²) in [6, 6.07) is 1.75. The second kappa shape index (κ2) is 7.52. The highest BCUT2D eigenvalue weighted by Gasteiger charge is 2.27. The Labute approximate surface area is 126 Å². The number of rotatable bonds is 6. The fourth-order valence-electron chi connectivity index (χ4n) is 2.46. The highest BCUT2D eigenvalue weighted by molar-refractivity contribution is 5.99. The average Bonchev–Trinajstić information content (AvgIpc) is 2.47. The quantitative estimate of drug-likeness (QED) is 0.752. The maximum atomic E-state index is 12.5. The number of carbonyl (C=O) groups is 1. The first-order valence-electron chi connectivity index (χ1n) is 7.60. The lowest BCUT2D eigenvalue weighted by molar-refractivity contribution is -0.0164. The smallest absolute Gasteiger partial charge is 0.194 e. The molecule has 1 aliphatic heterocycles. The number of nitrogens with zero attached hydrogens (tertiary/aromatic N) is 2. The van der Waals surface area contributed by atoms with Gasteiger partial charge in [0, 0.05) is 24.8 Å².